The van der Waals surface area contributed by atoms with Crippen LogP contribution in [-0.4, -0.2) is 16.7 Å². The van der Waals surface area contributed by atoms with E-state index in [4.69, 9.17) is 4.52 Å². The lowest BCUT2D eigenvalue weighted by atomic mass is 10.1. The molecule has 2 aromatic rings. The third-order valence-electron chi connectivity index (χ3n) is 3.49. The zero-order valence-electron chi connectivity index (χ0n) is 10.6. The van der Waals surface area contributed by atoms with E-state index in [2.05, 4.69) is 34.5 Å². The van der Waals surface area contributed by atoms with E-state index in [9.17, 15) is 0 Å². The normalized spacial score (nSPS) is 19.9. The van der Waals surface area contributed by atoms with Crippen molar-refractivity contribution in [2.45, 2.75) is 32.2 Å². The van der Waals surface area contributed by atoms with E-state index < -0.39 is 0 Å². The summed E-state index contributed by atoms with van der Waals surface area (Å²) >= 11 is 0. The van der Waals surface area contributed by atoms with Gasteiger partial charge in [0.2, 0.25) is 5.82 Å². The number of hydrogen-bond donors (Lipinski definition) is 1. The summed E-state index contributed by atoms with van der Waals surface area (Å²) in [7, 11) is 0. The van der Waals surface area contributed by atoms with Crippen molar-refractivity contribution in [1.29, 1.82) is 0 Å². The predicted molar refractivity (Wildman–Crippen MR) is 67.9 cm³/mol. The van der Waals surface area contributed by atoms with Crippen LogP contribution >= 0.6 is 0 Å². The van der Waals surface area contributed by atoms with E-state index >= 15 is 0 Å². The van der Waals surface area contributed by atoms with Gasteiger partial charge in [-0.3, -0.25) is 0 Å². The number of benzene rings is 1. The number of aryl methyl sites for hydroxylation is 1. The van der Waals surface area contributed by atoms with Crippen molar-refractivity contribution in [3.63, 3.8) is 0 Å². The molecule has 1 aromatic heterocycles. The number of hydrogen-bond acceptors (Lipinski definition) is 3. The van der Waals surface area contributed by atoms with Crippen molar-refractivity contribution in [2.24, 2.45) is 0 Å². The first kappa shape index (κ1) is 11.4. The average molecular weight is 244 g/mol. The molecule has 1 aromatic carbocycles. The molecule has 3 rings (SSSR count). The van der Waals surface area contributed by atoms with Crippen LogP contribution in [0, 0.1) is 6.92 Å². The van der Waals surface area contributed by atoms with Crippen molar-refractivity contribution in [1.82, 2.24) is 10.1 Å². The molecule has 0 bridgehead atoms. The van der Waals surface area contributed by atoms with Crippen LogP contribution in [0.3, 0.4) is 0 Å². The maximum Gasteiger partial charge on any atom is 0.285 e. The largest absolute Gasteiger partial charge is 0.336 e. The third kappa shape index (κ3) is 2.29. The van der Waals surface area contributed by atoms with E-state index in [1.165, 1.54) is 18.4 Å². The molecule has 18 heavy (non-hydrogen) atoms. The molecule has 0 saturated carbocycles. The minimum atomic E-state index is 0.352. The predicted octanol–water partition coefficient (Wildman–Crippen LogP) is 1.83. The molecule has 0 aliphatic carbocycles. The Bertz CT molecular complexity index is 512. The van der Waals surface area contributed by atoms with Gasteiger partial charge < -0.3 is 9.84 Å². The molecule has 2 N–H and O–H groups in total. The molecule has 1 aliphatic heterocycles. The van der Waals surface area contributed by atoms with Gasteiger partial charge in [-0.15, -0.1) is 0 Å². The van der Waals surface area contributed by atoms with Gasteiger partial charge in [-0.05, 0) is 19.8 Å². The molecular weight excluding hydrogens is 226 g/mol. The Morgan fingerprint density at radius 1 is 1.22 bits per heavy atom. The number of piperidine rings is 1. The smallest absolute Gasteiger partial charge is 0.285 e. The van der Waals surface area contributed by atoms with Crippen molar-refractivity contribution in [3.05, 3.63) is 35.7 Å². The van der Waals surface area contributed by atoms with Crippen LogP contribution in [0.5, 0.6) is 0 Å². The quantitative estimate of drug-likeness (QED) is 0.877. The first-order valence-electron chi connectivity index (χ1n) is 6.57. The molecule has 2 heterocycles. The lowest BCUT2D eigenvalue weighted by Crippen LogP contribution is -2.86. The minimum Gasteiger partial charge on any atom is -0.336 e. The van der Waals surface area contributed by atoms with Gasteiger partial charge in [0.1, 0.15) is 0 Å². The first-order valence-corrected chi connectivity index (χ1v) is 6.57. The third-order valence-corrected chi connectivity index (χ3v) is 3.49. The Morgan fingerprint density at radius 3 is 2.78 bits per heavy atom. The molecule has 4 nitrogen and oxygen atoms in total. The lowest BCUT2D eigenvalue weighted by Gasteiger charge is -2.15. The van der Waals surface area contributed by atoms with Crippen LogP contribution < -0.4 is 5.32 Å². The highest BCUT2D eigenvalue weighted by Crippen LogP contribution is 2.21. The Morgan fingerprint density at radius 2 is 2.06 bits per heavy atom. The number of quaternary nitrogens is 1. The molecule has 1 aliphatic rings. The molecule has 0 spiro atoms. The Balaban J connectivity index is 1.82. The van der Waals surface area contributed by atoms with Crippen LogP contribution in [0.2, 0.25) is 0 Å². The Labute approximate surface area is 106 Å². The highest BCUT2D eigenvalue weighted by Gasteiger charge is 2.24. The molecule has 1 fully saturated rings. The average Bonchev–Trinajstić information content (AvgIpc) is 2.90. The number of rotatable bonds is 2. The molecule has 0 amide bonds. The summed E-state index contributed by atoms with van der Waals surface area (Å²) in [6, 6.07) is 8.56. The van der Waals surface area contributed by atoms with Gasteiger partial charge in [-0.25, -0.2) is 0 Å². The van der Waals surface area contributed by atoms with Gasteiger partial charge in [-0.1, -0.05) is 35.0 Å². The molecule has 0 radical (unpaired) electrons. The second kappa shape index (κ2) is 4.90. The monoisotopic (exact) mass is 244 g/mol. The van der Waals surface area contributed by atoms with Crippen LogP contribution in [0.1, 0.15) is 36.8 Å². The summed E-state index contributed by atoms with van der Waals surface area (Å²) in [5.41, 5.74) is 2.26. The van der Waals surface area contributed by atoms with E-state index in [0.717, 1.165) is 24.4 Å². The summed E-state index contributed by atoms with van der Waals surface area (Å²) in [4.78, 5) is 4.52. The first-order chi connectivity index (χ1) is 8.83. The van der Waals surface area contributed by atoms with E-state index in [-0.39, 0.29) is 0 Å². The fourth-order valence-corrected chi connectivity index (χ4v) is 2.38. The SMILES string of the molecule is Cc1ccc(-c2noc(C3CCCC[NH2+]3)n2)cc1. The van der Waals surface area contributed by atoms with E-state index in [1.54, 1.807) is 0 Å². The van der Waals surface area contributed by atoms with Crippen LogP contribution in [0.15, 0.2) is 28.8 Å². The standard InChI is InChI=1S/C14H17N3O/c1-10-5-7-11(8-6-10)13-16-14(18-17-13)12-4-2-3-9-15-12/h5-8,12,15H,2-4,9H2,1H3/p+1. The van der Waals surface area contributed by atoms with Crippen molar-refractivity contribution in [3.8, 4) is 11.4 Å². The molecule has 1 unspecified atom stereocenters. The fraction of sp³-hybridized carbons (Fsp3) is 0.429. The van der Waals surface area contributed by atoms with Crippen molar-refractivity contribution in [2.75, 3.05) is 6.54 Å². The molecule has 94 valence electrons. The van der Waals surface area contributed by atoms with Gasteiger partial charge in [0.25, 0.3) is 5.89 Å². The lowest BCUT2D eigenvalue weighted by molar-refractivity contribution is -0.706. The van der Waals surface area contributed by atoms with Crippen molar-refractivity contribution >= 4 is 0 Å². The van der Waals surface area contributed by atoms with Crippen LogP contribution in [0.4, 0.5) is 0 Å². The summed E-state index contributed by atoms with van der Waals surface area (Å²) in [5, 5.41) is 6.39. The minimum absolute atomic E-state index is 0.352. The molecular formula is C14H18N3O+. The number of nitrogens with zero attached hydrogens (tertiary/aromatic N) is 2. The van der Waals surface area contributed by atoms with E-state index in [0.29, 0.717) is 11.9 Å². The highest BCUT2D eigenvalue weighted by molar-refractivity contribution is 5.54. The topological polar surface area (TPSA) is 55.5 Å². The molecule has 1 saturated heterocycles. The zero-order valence-corrected chi connectivity index (χ0v) is 10.6. The van der Waals surface area contributed by atoms with Crippen LogP contribution in [0.25, 0.3) is 11.4 Å². The fourth-order valence-electron chi connectivity index (χ4n) is 2.38. The molecule has 1 atom stereocenters. The van der Waals surface area contributed by atoms with Gasteiger partial charge in [0, 0.05) is 12.0 Å². The van der Waals surface area contributed by atoms with Crippen LogP contribution in [-0.2, 0) is 0 Å². The van der Waals surface area contributed by atoms with Gasteiger partial charge in [0.05, 0.1) is 6.54 Å². The summed E-state index contributed by atoms with van der Waals surface area (Å²) in [5.74, 6) is 1.47. The van der Waals surface area contributed by atoms with Gasteiger partial charge in [0.15, 0.2) is 6.04 Å². The second-order valence-electron chi connectivity index (χ2n) is 4.95. The second-order valence-corrected chi connectivity index (χ2v) is 4.95. The Kier molecular flexibility index (Phi) is 3.11. The maximum atomic E-state index is 5.40. The maximum absolute atomic E-state index is 5.40. The van der Waals surface area contributed by atoms with Gasteiger partial charge in [-0.2, -0.15) is 4.98 Å². The van der Waals surface area contributed by atoms with Gasteiger partial charge >= 0.3 is 0 Å². The van der Waals surface area contributed by atoms with E-state index in [1.807, 2.05) is 12.1 Å². The zero-order chi connectivity index (χ0) is 12.4. The highest BCUT2D eigenvalue weighted by atomic mass is 16.5. The summed E-state index contributed by atoms with van der Waals surface area (Å²) in [6.07, 6.45) is 3.67. The summed E-state index contributed by atoms with van der Waals surface area (Å²) < 4.78 is 5.40. The van der Waals surface area contributed by atoms with Crippen molar-refractivity contribution < 1.29 is 9.84 Å². The summed E-state index contributed by atoms with van der Waals surface area (Å²) in [6.45, 7) is 3.23. The number of aromatic nitrogens is 2. The Hall–Kier alpha value is -1.68. The molecule has 4 heteroatoms. The number of nitrogens with two attached hydrogens (primary N) is 1.